The molecular weight excluding hydrogens is 486 g/mol. The van der Waals surface area contributed by atoms with E-state index >= 15 is 0 Å². The smallest absolute Gasteiger partial charge is 0.349 e. The molecule has 3 aliphatic heterocycles. The first-order valence-electron chi connectivity index (χ1n) is 14.9. The quantitative estimate of drug-likeness (QED) is 0.456. The number of hydrazone groups is 1. The van der Waals surface area contributed by atoms with Crippen LogP contribution in [0.3, 0.4) is 0 Å². The standard InChI is InChI=1S/C32H41N5O2/c1-23-10-15-28-29(22-23)36(26-13-11-24(12-14-26)6-5-9-30-33-18-19-34-30)32(38)37(27-16-20-39-21-17-27)35-31(28)25-7-3-2-4-8-25/h10-15,22,25,27H,2-9,16-21H2,1H3,(H,33,34). The van der Waals surface area contributed by atoms with Crippen LogP contribution in [0.4, 0.5) is 16.2 Å². The zero-order valence-electron chi connectivity index (χ0n) is 23.2. The molecule has 0 aromatic heterocycles. The fourth-order valence-corrected chi connectivity index (χ4v) is 6.44. The maximum Gasteiger partial charge on any atom is 0.349 e. The number of nitrogens with zero attached hydrogens (tertiary/aromatic N) is 4. The van der Waals surface area contributed by atoms with Crippen LogP contribution in [0.25, 0.3) is 0 Å². The Morgan fingerprint density at radius 2 is 1.77 bits per heavy atom. The monoisotopic (exact) mass is 527 g/mol. The predicted molar refractivity (Wildman–Crippen MR) is 157 cm³/mol. The Morgan fingerprint density at radius 3 is 2.51 bits per heavy atom. The molecule has 0 atom stereocenters. The summed E-state index contributed by atoms with van der Waals surface area (Å²) in [6, 6.07) is 15.1. The maximum absolute atomic E-state index is 14.4. The highest BCUT2D eigenvalue weighted by atomic mass is 16.5. The molecule has 2 fully saturated rings. The van der Waals surface area contributed by atoms with Crippen LogP contribution in [0.5, 0.6) is 0 Å². The highest BCUT2D eigenvalue weighted by molar-refractivity contribution is 6.14. The Morgan fingerprint density at radius 1 is 0.974 bits per heavy atom. The molecule has 206 valence electrons. The molecule has 1 N–H and O–H groups in total. The molecule has 1 aliphatic carbocycles. The molecule has 4 aliphatic rings. The normalized spacial score (nSPS) is 20.8. The molecule has 1 saturated heterocycles. The van der Waals surface area contributed by atoms with Gasteiger partial charge in [-0.25, -0.2) is 9.80 Å². The third-order valence-corrected chi connectivity index (χ3v) is 8.62. The number of aliphatic imine (C=N–C) groups is 1. The van der Waals surface area contributed by atoms with Gasteiger partial charge in [-0.15, -0.1) is 0 Å². The van der Waals surface area contributed by atoms with Crippen LogP contribution in [0.15, 0.2) is 52.6 Å². The minimum Gasteiger partial charge on any atom is -0.381 e. The highest BCUT2D eigenvalue weighted by Gasteiger charge is 2.37. The van der Waals surface area contributed by atoms with Gasteiger partial charge in [-0.1, -0.05) is 43.5 Å². The molecule has 0 spiro atoms. The second kappa shape index (κ2) is 11.9. The van der Waals surface area contributed by atoms with Gasteiger partial charge in [0.25, 0.3) is 0 Å². The zero-order chi connectivity index (χ0) is 26.6. The first-order valence-corrected chi connectivity index (χ1v) is 14.9. The van der Waals surface area contributed by atoms with Gasteiger partial charge in [0, 0.05) is 37.7 Å². The van der Waals surface area contributed by atoms with Crippen LogP contribution in [-0.4, -0.2) is 54.9 Å². The lowest BCUT2D eigenvalue weighted by Gasteiger charge is -2.33. The van der Waals surface area contributed by atoms with Crippen molar-refractivity contribution in [1.82, 2.24) is 10.3 Å². The molecule has 2 aromatic rings. The van der Waals surface area contributed by atoms with E-state index < -0.39 is 0 Å². The van der Waals surface area contributed by atoms with E-state index in [-0.39, 0.29) is 12.1 Å². The van der Waals surface area contributed by atoms with Crippen LogP contribution in [-0.2, 0) is 11.2 Å². The summed E-state index contributed by atoms with van der Waals surface area (Å²) >= 11 is 0. The van der Waals surface area contributed by atoms with Gasteiger partial charge in [0.15, 0.2) is 0 Å². The van der Waals surface area contributed by atoms with Crippen molar-refractivity contribution < 1.29 is 9.53 Å². The van der Waals surface area contributed by atoms with Gasteiger partial charge in [0.2, 0.25) is 0 Å². The highest BCUT2D eigenvalue weighted by Crippen LogP contribution is 2.39. The third kappa shape index (κ3) is 5.74. The second-order valence-corrected chi connectivity index (χ2v) is 11.4. The van der Waals surface area contributed by atoms with Crippen molar-refractivity contribution in [3.8, 4) is 0 Å². The summed E-state index contributed by atoms with van der Waals surface area (Å²) in [5.74, 6) is 1.52. The molecule has 39 heavy (non-hydrogen) atoms. The van der Waals surface area contributed by atoms with Gasteiger partial charge in [0.05, 0.1) is 35.5 Å². The molecule has 6 rings (SSSR count). The van der Waals surface area contributed by atoms with Gasteiger partial charge >= 0.3 is 6.03 Å². The molecule has 0 radical (unpaired) electrons. The summed E-state index contributed by atoms with van der Waals surface area (Å²) in [5.41, 5.74) is 6.47. The molecule has 1 saturated carbocycles. The Kier molecular flexibility index (Phi) is 7.95. The van der Waals surface area contributed by atoms with E-state index in [9.17, 15) is 4.79 Å². The Labute approximate surface area is 232 Å². The average Bonchev–Trinajstić information content (AvgIpc) is 3.46. The summed E-state index contributed by atoms with van der Waals surface area (Å²) < 4.78 is 5.66. The van der Waals surface area contributed by atoms with E-state index in [0.29, 0.717) is 19.1 Å². The second-order valence-electron chi connectivity index (χ2n) is 11.4. The molecule has 2 aromatic carbocycles. The number of anilines is 2. The predicted octanol–water partition coefficient (Wildman–Crippen LogP) is 6.36. The summed E-state index contributed by atoms with van der Waals surface area (Å²) in [5, 5.41) is 10.4. The average molecular weight is 528 g/mol. The molecule has 3 heterocycles. The Hall–Kier alpha value is -3.19. The van der Waals surface area contributed by atoms with Crippen LogP contribution >= 0.6 is 0 Å². The lowest BCUT2D eigenvalue weighted by molar-refractivity contribution is 0.0480. The van der Waals surface area contributed by atoms with Gasteiger partial charge in [-0.05, 0) is 74.8 Å². The third-order valence-electron chi connectivity index (χ3n) is 8.62. The molecule has 0 unspecified atom stereocenters. The number of benzene rings is 2. The topological polar surface area (TPSA) is 69.5 Å². The van der Waals surface area contributed by atoms with Crippen molar-refractivity contribution in [2.75, 3.05) is 31.2 Å². The number of ether oxygens (including phenoxy) is 1. The number of fused-ring (bicyclic) bond motifs is 1. The summed E-state index contributed by atoms with van der Waals surface area (Å²) in [6.07, 6.45) is 10.7. The van der Waals surface area contributed by atoms with Gasteiger partial charge in [-0.2, -0.15) is 5.10 Å². The number of hydrogen-bond donors (Lipinski definition) is 1. The van der Waals surface area contributed by atoms with Crippen molar-refractivity contribution in [1.29, 1.82) is 0 Å². The van der Waals surface area contributed by atoms with Crippen LogP contribution in [0.2, 0.25) is 0 Å². The summed E-state index contributed by atoms with van der Waals surface area (Å²) in [7, 11) is 0. The number of aryl methyl sites for hydroxylation is 2. The minimum atomic E-state index is -0.0578. The van der Waals surface area contributed by atoms with Gasteiger partial charge < -0.3 is 10.1 Å². The SMILES string of the molecule is Cc1ccc2c(c1)N(c1ccc(CCCC3=NCCN3)cc1)C(=O)N(C1CCOCC1)N=C2C1CCCCC1. The number of amides is 2. The number of carbonyl (C=O) groups is 1. The van der Waals surface area contributed by atoms with Crippen molar-refractivity contribution in [3.63, 3.8) is 0 Å². The number of amidine groups is 1. The summed E-state index contributed by atoms with van der Waals surface area (Å²) in [6.45, 7) is 5.31. The van der Waals surface area contributed by atoms with Crippen LogP contribution < -0.4 is 10.2 Å². The van der Waals surface area contributed by atoms with Crippen molar-refractivity contribution >= 4 is 29.0 Å². The fraction of sp³-hybridized carbons (Fsp3) is 0.531. The van der Waals surface area contributed by atoms with E-state index in [2.05, 4.69) is 59.7 Å². The fourth-order valence-electron chi connectivity index (χ4n) is 6.44. The number of urea groups is 1. The number of rotatable bonds is 7. The van der Waals surface area contributed by atoms with E-state index in [1.807, 2.05) is 9.91 Å². The van der Waals surface area contributed by atoms with Crippen LogP contribution in [0, 0.1) is 12.8 Å². The number of carbonyl (C=O) groups excluding carboxylic acids is 1. The number of nitrogens with one attached hydrogen (secondary N) is 1. The maximum atomic E-state index is 14.4. The number of hydrogen-bond acceptors (Lipinski definition) is 5. The molecule has 2 amide bonds. The van der Waals surface area contributed by atoms with Crippen molar-refractivity contribution in [2.45, 2.75) is 77.2 Å². The molecule has 7 heteroatoms. The van der Waals surface area contributed by atoms with E-state index in [0.717, 1.165) is 92.1 Å². The van der Waals surface area contributed by atoms with Crippen molar-refractivity contribution in [2.24, 2.45) is 16.0 Å². The molecular formula is C32H41N5O2. The molecule has 0 bridgehead atoms. The van der Waals surface area contributed by atoms with E-state index in [4.69, 9.17) is 9.84 Å². The van der Waals surface area contributed by atoms with E-state index in [1.54, 1.807) is 0 Å². The Balaban J connectivity index is 1.34. The van der Waals surface area contributed by atoms with E-state index in [1.165, 1.54) is 24.8 Å². The largest absolute Gasteiger partial charge is 0.381 e. The summed E-state index contributed by atoms with van der Waals surface area (Å²) in [4.78, 5) is 20.9. The van der Waals surface area contributed by atoms with Crippen LogP contribution in [0.1, 0.15) is 74.5 Å². The van der Waals surface area contributed by atoms with Gasteiger partial charge in [0.1, 0.15) is 0 Å². The zero-order valence-corrected chi connectivity index (χ0v) is 23.2. The minimum absolute atomic E-state index is 0.0501. The lowest BCUT2D eigenvalue weighted by atomic mass is 9.82. The first-order chi connectivity index (χ1) is 19.2. The van der Waals surface area contributed by atoms with Gasteiger partial charge in [-0.3, -0.25) is 9.89 Å². The molecule has 7 nitrogen and oxygen atoms in total. The van der Waals surface area contributed by atoms with Crippen molar-refractivity contribution in [3.05, 3.63) is 59.2 Å². The lowest BCUT2D eigenvalue weighted by Crippen LogP contribution is -2.45. The first kappa shape index (κ1) is 26.1. The Bertz CT molecular complexity index is 1230.